The predicted molar refractivity (Wildman–Crippen MR) is 97.4 cm³/mol. The third kappa shape index (κ3) is 7.64. The van der Waals surface area contributed by atoms with Crippen LogP contribution in [0.5, 0.6) is 0 Å². The first-order chi connectivity index (χ1) is 12.7. The number of nitrogens with zero attached hydrogens (tertiary/aromatic N) is 1. The molecule has 27 heavy (non-hydrogen) atoms. The Morgan fingerprint density at radius 2 is 1.81 bits per heavy atom. The summed E-state index contributed by atoms with van der Waals surface area (Å²) in [6.07, 6.45) is -0.255. The molecule has 1 atom stereocenters. The highest BCUT2D eigenvalue weighted by Crippen LogP contribution is 2.12. The van der Waals surface area contributed by atoms with E-state index in [0.29, 0.717) is 23.4 Å². The second-order valence-electron chi connectivity index (χ2n) is 7.46. The van der Waals surface area contributed by atoms with Gasteiger partial charge in [0.25, 0.3) is 5.91 Å². The van der Waals surface area contributed by atoms with Crippen LogP contribution in [-0.4, -0.2) is 50.1 Å². The summed E-state index contributed by atoms with van der Waals surface area (Å²) in [7, 11) is 5.76. The van der Waals surface area contributed by atoms with Crippen molar-refractivity contribution in [1.82, 2.24) is 5.32 Å². The number of carbonyl (C=O) groups is 2. The molecule has 1 amide bonds. The van der Waals surface area contributed by atoms with Crippen molar-refractivity contribution in [2.45, 2.75) is 25.7 Å². The van der Waals surface area contributed by atoms with Gasteiger partial charge in [-0.2, -0.15) is 0 Å². The summed E-state index contributed by atoms with van der Waals surface area (Å²) in [5.74, 6) is -1.01. The van der Waals surface area contributed by atoms with Crippen LogP contribution in [0.15, 0.2) is 46.9 Å². The minimum Gasteiger partial charge on any atom is -0.550 e. The Balaban J connectivity index is 1.89. The van der Waals surface area contributed by atoms with Gasteiger partial charge in [0.05, 0.1) is 40.3 Å². The quantitative estimate of drug-likeness (QED) is 0.625. The second kappa shape index (κ2) is 9.34. The third-order valence-electron chi connectivity index (χ3n) is 3.76. The van der Waals surface area contributed by atoms with Gasteiger partial charge in [-0.25, -0.2) is 0 Å². The van der Waals surface area contributed by atoms with Crippen molar-refractivity contribution in [2.24, 2.45) is 0 Å². The maximum Gasteiger partial charge on any atom is 0.287 e. The van der Waals surface area contributed by atoms with Gasteiger partial charge in [-0.15, -0.1) is 0 Å². The van der Waals surface area contributed by atoms with Gasteiger partial charge in [0, 0.05) is 12.4 Å². The fraction of sp³-hybridized carbons (Fsp3) is 0.400. The first-order valence-corrected chi connectivity index (χ1v) is 8.74. The van der Waals surface area contributed by atoms with E-state index in [9.17, 15) is 14.7 Å². The molecule has 146 valence electrons. The molecule has 1 heterocycles. The molecule has 0 bridgehead atoms. The number of rotatable bonds is 10. The van der Waals surface area contributed by atoms with Crippen LogP contribution in [0.4, 0.5) is 0 Å². The number of hydrogen-bond acceptors (Lipinski definition) is 5. The average molecular weight is 374 g/mol. The maximum absolute atomic E-state index is 12.4. The standard InChI is InChI=1S/C20H26N2O5/c1-22(2,3)12-16(11-19(23)24)21-20(25)18-10-9-17(27-18)14-26-13-15-7-5-4-6-8-15/h4-10,16H,11-14H2,1-3H3,(H-,21,23,24,25)/t16-/m1/s1. The molecule has 1 aromatic heterocycles. The Bertz CT molecular complexity index is 749. The lowest BCUT2D eigenvalue weighted by atomic mass is 10.2. The van der Waals surface area contributed by atoms with E-state index in [-0.39, 0.29) is 18.8 Å². The number of carboxylic acids is 1. The van der Waals surface area contributed by atoms with E-state index >= 15 is 0 Å². The van der Waals surface area contributed by atoms with Crippen molar-refractivity contribution in [3.05, 3.63) is 59.5 Å². The molecule has 0 radical (unpaired) electrons. The fourth-order valence-electron chi connectivity index (χ4n) is 2.70. The normalized spacial score (nSPS) is 12.6. The van der Waals surface area contributed by atoms with Crippen LogP contribution in [0.3, 0.4) is 0 Å². The SMILES string of the molecule is C[N+](C)(C)C[C@@H](CC(=O)[O-])NC(=O)c1ccc(COCc2ccccc2)o1. The highest BCUT2D eigenvalue weighted by molar-refractivity contribution is 5.91. The third-order valence-corrected chi connectivity index (χ3v) is 3.76. The van der Waals surface area contributed by atoms with Gasteiger partial charge < -0.3 is 28.9 Å². The van der Waals surface area contributed by atoms with Crippen molar-refractivity contribution < 1.29 is 28.3 Å². The summed E-state index contributed by atoms with van der Waals surface area (Å²) < 4.78 is 11.6. The largest absolute Gasteiger partial charge is 0.550 e. The molecular formula is C20H26N2O5. The lowest BCUT2D eigenvalue weighted by Gasteiger charge is -2.29. The zero-order valence-corrected chi connectivity index (χ0v) is 15.9. The van der Waals surface area contributed by atoms with Crippen LogP contribution in [0.1, 0.15) is 28.3 Å². The fourth-order valence-corrected chi connectivity index (χ4v) is 2.70. The summed E-state index contributed by atoms with van der Waals surface area (Å²) in [4.78, 5) is 23.3. The van der Waals surface area contributed by atoms with Gasteiger partial charge in [0.2, 0.25) is 0 Å². The van der Waals surface area contributed by atoms with Crippen LogP contribution in [0.25, 0.3) is 0 Å². The molecule has 0 saturated carbocycles. The summed E-state index contributed by atoms with van der Waals surface area (Å²) in [6.45, 7) is 1.14. The number of benzene rings is 1. The monoisotopic (exact) mass is 374 g/mol. The van der Waals surface area contributed by atoms with Crippen LogP contribution < -0.4 is 10.4 Å². The number of nitrogens with one attached hydrogen (secondary N) is 1. The van der Waals surface area contributed by atoms with Crippen LogP contribution in [-0.2, 0) is 22.7 Å². The van der Waals surface area contributed by atoms with Crippen molar-refractivity contribution in [3.63, 3.8) is 0 Å². The minimum absolute atomic E-state index is 0.123. The lowest BCUT2D eigenvalue weighted by molar-refractivity contribution is -0.871. The van der Waals surface area contributed by atoms with Crippen molar-refractivity contribution in [2.75, 3.05) is 27.7 Å². The highest BCUT2D eigenvalue weighted by atomic mass is 16.5. The summed E-state index contributed by atoms with van der Waals surface area (Å²) in [5, 5.41) is 13.7. The highest BCUT2D eigenvalue weighted by Gasteiger charge is 2.22. The van der Waals surface area contributed by atoms with Gasteiger partial charge in [0.1, 0.15) is 12.4 Å². The molecule has 2 rings (SSSR count). The molecule has 2 aromatic rings. The van der Waals surface area contributed by atoms with E-state index < -0.39 is 17.9 Å². The molecule has 0 unspecified atom stereocenters. The first kappa shape index (κ1) is 20.7. The van der Waals surface area contributed by atoms with E-state index in [1.165, 1.54) is 0 Å². The van der Waals surface area contributed by atoms with Crippen molar-refractivity contribution in [1.29, 1.82) is 0 Å². The summed E-state index contributed by atoms with van der Waals surface area (Å²) in [6, 6.07) is 12.4. The molecule has 0 aliphatic carbocycles. The number of carbonyl (C=O) groups excluding carboxylic acids is 2. The number of furan rings is 1. The Kier molecular flexibility index (Phi) is 7.15. The Hall–Kier alpha value is -2.64. The average Bonchev–Trinajstić information content (AvgIpc) is 3.02. The first-order valence-electron chi connectivity index (χ1n) is 8.74. The Labute approximate surface area is 159 Å². The van der Waals surface area contributed by atoms with E-state index in [1.807, 2.05) is 51.5 Å². The molecular weight excluding hydrogens is 348 g/mol. The van der Waals surface area contributed by atoms with Crippen molar-refractivity contribution >= 4 is 11.9 Å². The molecule has 0 aliphatic heterocycles. The maximum atomic E-state index is 12.4. The van der Waals surface area contributed by atoms with E-state index in [2.05, 4.69) is 5.32 Å². The van der Waals surface area contributed by atoms with Gasteiger partial charge in [0.15, 0.2) is 5.76 Å². The Morgan fingerprint density at radius 3 is 2.44 bits per heavy atom. The van der Waals surface area contributed by atoms with Crippen LogP contribution in [0, 0.1) is 0 Å². The zero-order valence-electron chi connectivity index (χ0n) is 15.9. The number of quaternary nitrogens is 1. The molecule has 7 heteroatoms. The molecule has 0 spiro atoms. The molecule has 7 nitrogen and oxygen atoms in total. The van der Waals surface area contributed by atoms with Crippen molar-refractivity contribution in [3.8, 4) is 0 Å². The van der Waals surface area contributed by atoms with E-state index in [0.717, 1.165) is 5.56 Å². The molecule has 0 fully saturated rings. The summed E-state index contributed by atoms with van der Waals surface area (Å²) in [5.41, 5.74) is 1.05. The van der Waals surface area contributed by atoms with Gasteiger partial charge in [-0.1, -0.05) is 30.3 Å². The summed E-state index contributed by atoms with van der Waals surface area (Å²) >= 11 is 0. The lowest BCUT2D eigenvalue weighted by Crippen LogP contribution is -2.50. The number of aliphatic carboxylic acids is 1. The van der Waals surface area contributed by atoms with Crippen LogP contribution in [0.2, 0.25) is 0 Å². The van der Waals surface area contributed by atoms with Gasteiger partial charge in [-0.05, 0) is 17.7 Å². The number of carboxylic acid groups (broad SMARTS) is 1. The topological polar surface area (TPSA) is 91.6 Å². The number of likely N-dealkylation sites (N-methyl/N-ethyl adjacent to an activating group) is 1. The predicted octanol–water partition coefficient (Wildman–Crippen LogP) is 0.941. The number of hydrogen-bond donors (Lipinski definition) is 1. The van der Waals surface area contributed by atoms with Gasteiger partial charge in [-0.3, -0.25) is 4.79 Å². The van der Waals surface area contributed by atoms with Gasteiger partial charge >= 0.3 is 0 Å². The smallest absolute Gasteiger partial charge is 0.287 e. The molecule has 0 aliphatic rings. The number of ether oxygens (including phenoxy) is 1. The number of amides is 1. The Morgan fingerprint density at radius 1 is 1.11 bits per heavy atom. The molecule has 1 aromatic carbocycles. The molecule has 0 saturated heterocycles. The minimum atomic E-state index is -1.21. The van der Waals surface area contributed by atoms with E-state index in [4.69, 9.17) is 9.15 Å². The van der Waals surface area contributed by atoms with Crippen LogP contribution >= 0.6 is 0 Å². The molecule has 1 N–H and O–H groups in total. The second-order valence-corrected chi connectivity index (χ2v) is 7.46. The van der Waals surface area contributed by atoms with E-state index in [1.54, 1.807) is 12.1 Å². The zero-order chi connectivity index (χ0) is 19.9.